The van der Waals surface area contributed by atoms with Crippen molar-refractivity contribution >= 4 is 0 Å². The van der Waals surface area contributed by atoms with E-state index in [2.05, 4.69) is 14.9 Å². The van der Waals surface area contributed by atoms with Gasteiger partial charge < -0.3 is 14.6 Å². The molecule has 0 unspecified atom stereocenters. The maximum Gasteiger partial charge on any atom is 0.203 e. The predicted octanol–water partition coefficient (Wildman–Crippen LogP) is 2.07. The van der Waals surface area contributed by atoms with Crippen LogP contribution in [0.25, 0.3) is 0 Å². The highest BCUT2D eigenvalue weighted by atomic mass is 16.5. The lowest BCUT2D eigenvalue weighted by atomic mass is 10.1. The Hall–Kier alpha value is -2.34. The number of hydrogen-bond acceptors (Lipinski definition) is 6. The van der Waals surface area contributed by atoms with Gasteiger partial charge in [-0.2, -0.15) is 0 Å². The number of ether oxygens (including phenoxy) is 2. The summed E-state index contributed by atoms with van der Waals surface area (Å²) in [5.74, 6) is 1.82. The summed E-state index contributed by atoms with van der Waals surface area (Å²) in [7, 11) is 3.08. The van der Waals surface area contributed by atoms with E-state index in [0.717, 1.165) is 43.1 Å². The standard InChI is InChI=1S/C17H21N3O3/c1-11-18-8-13-10-20(5-4-14(13)19-11)9-12-6-15(21)17(23-3)16(7-12)22-2/h6-8,21H,4-5,9-10H2,1-3H3. The number of aromatic hydroxyl groups is 1. The first-order valence-corrected chi connectivity index (χ1v) is 7.58. The van der Waals surface area contributed by atoms with Crippen LogP contribution in [-0.4, -0.2) is 40.7 Å². The molecule has 0 saturated carbocycles. The number of rotatable bonds is 4. The Bertz CT molecular complexity index is 718. The second-order valence-corrected chi connectivity index (χ2v) is 5.70. The maximum absolute atomic E-state index is 10.1. The van der Waals surface area contributed by atoms with Gasteiger partial charge in [-0.05, 0) is 24.6 Å². The van der Waals surface area contributed by atoms with Crippen molar-refractivity contribution in [2.24, 2.45) is 0 Å². The Morgan fingerprint density at radius 2 is 2.09 bits per heavy atom. The molecule has 23 heavy (non-hydrogen) atoms. The normalized spacial score (nSPS) is 14.4. The van der Waals surface area contributed by atoms with Gasteiger partial charge in [0.25, 0.3) is 0 Å². The van der Waals surface area contributed by atoms with Crippen LogP contribution in [0.3, 0.4) is 0 Å². The van der Waals surface area contributed by atoms with Gasteiger partial charge in [0.1, 0.15) is 5.82 Å². The molecule has 0 fully saturated rings. The summed E-state index contributed by atoms with van der Waals surface area (Å²) < 4.78 is 10.5. The molecule has 1 aliphatic rings. The highest BCUT2D eigenvalue weighted by molar-refractivity contribution is 5.53. The number of phenols is 1. The minimum atomic E-state index is 0.0956. The molecule has 0 amide bonds. The first kappa shape index (κ1) is 15.6. The second-order valence-electron chi connectivity index (χ2n) is 5.70. The van der Waals surface area contributed by atoms with Crippen molar-refractivity contribution in [2.75, 3.05) is 20.8 Å². The summed E-state index contributed by atoms with van der Waals surface area (Å²) in [6, 6.07) is 3.63. The zero-order valence-corrected chi connectivity index (χ0v) is 13.7. The van der Waals surface area contributed by atoms with E-state index in [9.17, 15) is 5.11 Å². The number of aromatic nitrogens is 2. The lowest BCUT2D eigenvalue weighted by Gasteiger charge is -2.28. The quantitative estimate of drug-likeness (QED) is 0.931. The summed E-state index contributed by atoms with van der Waals surface area (Å²) in [6.07, 6.45) is 2.83. The van der Waals surface area contributed by atoms with Crippen molar-refractivity contribution in [3.8, 4) is 17.2 Å². The fraction of sp³-hybridized carbons (Fsp3) is 0.412. The molecule has 122 valence electrons. The molecule has 6 nitrogen and oxygen atoms in total. The van der Waals surface area contributed by atoms with Crippen LogP contribution >= 0.6 is 0 Å². The van der Waals surface area contributed by atoms with Crippen LogP contribution in [-0.2, 0) is 19.5 Å². The van der Waals surface area contributed by atoms with Crippen molar-refractivity contribution in [1.29, 1.82) is 0 Å². The van der Waals surface area contributed by atoms with Crippen LogP contribution < -0.4 is 9.47 Å². The topological polar surface area (TPSA) is 67.7 Å². The van der Waals surface area contributed by atoms with Crippen LogP contribution in [0.2, 0.25) is 0 Å². The Balaban J connectivity index is 1.78. The SMILES string of the molecule is COc1cc(CN2CCc3nc(C)ncc3C2)cc(O)c1OC. The highest BCUT2D eigenvalue weighted by Crippen LogP contribution is 2.37. The molecular weight excluding hydrogens is 294 g/mol. The van der Waals surface area contributed by atoms with Gasteiger partial charge in [-0.1, -0.05) is 0 Å². The number of phenolic OH excluding ortho intramolecular Hbond substituents is 1. The van der Waals surface area contributed by atoms with Crippen LogP contribution in [0.1, 0.15) is 22.6 Å². The van der Waals surface area contributed by atoms with Gasteiger partial charge in [-0.3, -0.25) is 4.90 Å². The second kappa shape index (κ2) is 6.42. The minimum Gasteiger partial charge on any atom is -0.504 e. The fourth-order valence-corrected chi connectivity index (χ4v) is 2.96. The lowest BCUT2D eigenvalue weighted by Crippen LogP contribution is -2.31. The van der Waals surface area contributed by atoms with Crippen LogP contribution in [0, 0.1) is 6.92 Å². The van der Waals surface area contributed by atoms with Gasteiger partial charge in [-0.15, -0.1) is 0 Å². The zero-order valence-electron chi connectivity index (χ0n) is 13.7. The third-order valence-corrected chi connectivity index (χ3v) is 4.06. The van der Waals surface area contributed by atoms with Crippen LogP contribution in [0.5, 0.6) is 17.2 Å². The molecular formula is C17H21N3O3. The Labute approximate surface area is 135 Å². The molecule has 0 atom stereocenters. The molecule has 1 aromatic heterocycles. The molecule has 1 aromatic carbocycles. The average Bonchev–Trinajstić information content (AvgIpc) is 2.54. The smallest absolute Gasteiger partial charge is 0.203 e. The lowest BCUT2D eigenvalue weighted by molar-refractivity contribution is 0.241. The summed E-state index contributed by atoms with van der Waals surface area (Å²) >= 11 is 0. The van der Waals surface area contributed by atoms with Gasteiger partial charge in [0.15, 0.2) is 11.5 Å². The van der Waals surface area contributed by atoms with Crippen molar-refractivity contribution in [3.05, 3.63) is 41.0 Å². The Morgan fingerprint density at radius 3 is 2.83 bits per heavy atom. The summed E-state index contributed by atoms with van der Waals surface area (Å²) in [5.41, 5.74) is 3.30. The molecule has 0 saturated heterocycles. The summed E-state index contributed by atoms with van der Waals surface area (Å²) in [4.78, 5) is 11.1. The van der Waals surface area contributed by atoms with Crippen molar-refractivity contribution in [2.45, 2.75) is 26.4 Å². The van der Waals surface area contributed by atoms with Gasteiger partial charge in [0, 0.05) is 43.5 Å². The number of nitrogens with zero attached hydrogens (tertiary/aromatic N) is 3. The number of hydrogen-bond donors (Lipinski definition) is 1. The van der Waals surface area contributed by atoms with E-state index in [1.54, 1.807) is 13.2 Å². The van der Waals surface area contributed by atoms with Gasteiger partial charge in [-0.25, -0.2) is 9.97 Å². The van der Waals surface area contributed by atoms with Gasteiger partial charge in [0.05, 0.1) is 14.2 Å². The molecule has 1 N–H and O–H groups in total. The fourth-order valence-electron chi connectivity index (χ4n) is 2.96. The third kappa shape index (κ3) is 3.22. The average molecular weight is 315 g/mol. The molecule has 2 heterocycles. The van der Waals surface area contributed by atoms with Crippen molar-refractivity contribution in [1.82, 2.24) is 14.9 Å². The van der Waals surface area contributed by atoms with E-state index in [1.807, 2.05) is 19.2 Å². The first-order chi connectivity index (χ1) is 11.1. The predicted molar refractivity (Wildman–Crippen MR) is 85.8 cm³/mol. The molecule has 0 spiro atoms. The number of aryl methyl sites for hydroxylation is 1. The van der Waals surface area contributed by atoms with Gasteiger partial charge in [0.2, 0.25) is 5.75 Å². The summed E-state index contributed by atoms with van der Waals surface area (Å²) in [5, 5.41) is 10.1. The molecule has 2 aromatic rings. The first-order valence-electron chi connectivity index (χ1n) is 7.58. The zero-order chi connectivity index (χ0) is 16.4. The maximum atomic E-state index is 10.1. The number of methoxy groups -OCH3 is 2. The van der Waals surface area contributed by atoms with E-state index in [-0.39, 0.29) is 5.75 Å². The number of benzene rings is 1. The van der Waals surface area contributed by atoms with E-state index in [1.165, 1.54) is 12.7 Å². The Morgan fingerprint density at radius 1 is 1.26 bits per heavy atom. The molecule has 0 aliphatic carbocycles. The molecule has 1 aliphatic heterocycles. The largest absolute Gasteiger partial charge is 0.504 e. The molecule has 0 radical (unpaired) electrons. The van der Waals surface area contributed by atoms with Crippen molar-refractivity contribution in [3.63, 3.8) is 0 Å². The molecule has 3 rings (SSSR count). The van der Waals surface area contributed by atoms with E-state index in [4.69, 9.17) is 9.47 Å². The monoisotopic (exact) mass is 315 g/mol. The van der Waals surface area contributed by atoms with Crippen LogP contribution in [0.4, 0.5) is 0 Å². The van der Waals surface area contributed by atoms with Gasteiger partial charge >= 0.3 is 0 Å². The minimum absolute atomic E-state index is 0.0956. The summed E-state index contributed by atoms with van der Waals surface area (Å²) in [6.45, 7) is 4.38. The third-order valence-electron chi connectivity index (χ3n) is 4.06. The van der Waals surface area contributed by atoms with Crippen LogP contribution in [0.15, 0.2) is 18.3 Å². The van der Waals surface area contributed by atoms with E-state index in [0.29, 0.717) is 11.5 Å². The van der Waals surface area contributed by atoms with E-state index >= 15 is 0 Å². The van der Waals surface area contributed by atoms with Crippen molar-refractivity contribution < 1.29 is 14.6 Å². The highest BCUT2D eigenvalue weighted by Gasteiger charge is 2.19. The Kier molecular flexibility index (Phi) is 4.34. The molecule has 6 heteroatoms. The van der Waals surface area contributed by atoms with E-state index < -0.39 is 0 Å². The molecule has 0 bridgehead atoms. The number of fused-ring (bicyclic) bond motifs is 1.